The highest BCUT2D eigenvalue weighted by molar-refractivity contribution is 6.03. The van der Waals surface area contributed by atoms with Gasteiger partial charge in [-0.2, -0.15) is 14.5 Å². The molecule has 10 nitrogen and oxygen atoms in total. The van der Waals surface area contributed by atoms with Gasteiger partial charge in [-0.05, 0) is 46.7 Å². The summed E-state index contributed by atoms with van der Waals surface area (Å²) >= 11 is 0. The Morgan fingerprint density at radius 3 is 2.67 bits per heavy atom. The first kappa shape index (κ1) is 22.0. The van der Waals surface area contributed by atoms with Gasteiger partial charge in [0.1, 0.15) is 11.5 Å². The summed E-state index contributed by atoms with van der Waals surface area (Å²) in [5.41, 5.74) is 1.21. The lowest BCUT2D eigenvalue weighted by Gasteiger charge is -2.10. The molecule has 4 aromatic rings. The van der Waals surface area contributed by atoms with Gasteiger partial charge in [0, 0.05) is 23.9 Å². The number of hydrogen-bond donors (Lipinski definition) is 1. The first-order chi connectivity index (χ1) is 15.6. The number of halogens is 3. The van der Waals surface area contributed by atoms with Crippen LogP contribution in [0.2, 0.25) is 0 Å². The Morgan fingerprint density at radius 2 is 1.97 bits per heavy atom. The van der Waals surface area contributed by atoms with Crippen molar-refractivity contribution in [3.63, 3.8) is 0 Å². The molecule has 1 N–H and O–H groups in total. The number of aromatic nitrogens is 8. The Labute approximate surface area is 185 Å². The van der Waals surface area contributed by atoms with Crippen molar-refractivity contribution in [1.82, 2.24) is 40.0 Å². The summed E-state index contributed by atoms with van der Waals surface area (Å²) in [4.78, 5) is 21.3. The summed E-state index contributed by atoms with van der Waals surface area (Å²) in [7, 11) is 0. The number of carbonyl (C=O) groups excluding carboxylic acids is 1. The highest BCUT2D eigenvalue weighted by atomic mass is 19.4. The Hall–Kier alpha value is -4.16. The van der Waals surface area contributed by atoms with Crippen molar-refractivity contribution in [2.75, 3.05) is 5.32 Å². The number of anilines is 1. The molecule has 0 atom stereocenters. The molecule has 33 heavy (non-hydrogen) atoms. The number of pyridine rings is 2. The van der Waals surface area contributed by atoms with Gasteiger partial charge in [-0.3, -0.25) is 9.78 Å². The first-order valence-electron chi connectivity index (χ1n) is 9.79. The second kappa shape index (κ2) is 8.41. The quantitative estimate of drug-likeness (QED) is 0.488. The minimum absolute atomic E-state index is 0.00727. The largest absolute Gasteiger partial charge is 0.504 e. The molecule has 0 radical (unpaired) electrons. The van der Waals surface area contributed by atoms with E-state index in [2.05, 4.69) is 35.9 Å². The SMILES string of the molecule is Cc1cnc(C(=O)Nc2cccc(-n3nnnc3C(C)C)n2)cc1-c1cnn(C(F)(F)F)c1. The summed E-state index contributed by atoms with van der Waals surface area (Å²) in [6.45, 7) is 5.55. The third kappa shape index (κ3) is 4.56. The van der Waals surface area contributed by atoms with E-state index in [-0.39, 0.29) is 27.7 Å². The molecule has 0 saturated heterocycles. The Balaban J connectivity index is 1.59. The fraction of sp³-hybridized carbons (Fsp3) is 0.250. The highest BCUT2D eigenvalue weighted by Crippen LogP contribution is 2.28. The molecule has 0 fully saturated rings. The Kier molecular flexibility index (Phi) is 5.62. The zero-order valence-electron chi connectivity index (χ0n) is 17.7. The number of nitrogens with one attached hydrogen (secondary N) is 1. The first-order valence-corrected chi connectivity index (χ1v) is 9.79. The maximum absolute atomic E-state index is 12.9. The number of alkyl halides is 3. The van der Waals surface area contributed by atoms with Crippen LogP contribution in [0.1, 0.15) is 41.6 Å². The molecule has 13 heteroatoms. The number of nitrogens with zero attached hydrogens (tertiary/aromatic N) is 8. The van der Waals surface area contributed by atoms with Crippen LogP contribution in [0.3, 0.4) is 0 Å². The predicted molar refractivity (Wildman–Crippen MR) is 110 cm³/mol. The lowest BCUT2D eigenvalue weighted by molar-refractivity contribution is -0.212. The van der Waals surface area contributed by atoms with Gasteiger partial charge < -0.3 is 5.32 Å². The maximum Gasteiger partial charge on any atom is 0.504 e. The van der Waals surface area contributed by atoms with E-state index < -0.39 is 12.2 Å². The van der Waals surface area contributed by atoms with E-state index in [1.54, 1.807) is 25.1 Å². The van der Waals surface area contributed by atoms with E-state index in [4.69, 9.17) is 0 Å². The van der Waals surface area contributed by atoms with Crippen LogP contribution >= 0.6 is 0 Å². The van der Waals surface area contributed by atoms with Gasteiger partial charge in [0.2, 0.25) is 0 Å². The number of rotatable bonds is 5. The number of amides is 1. The molecule has 4 aromatic heterocycles. The van der Waals surface area contributed by atoms with Crippen LogP contribution in [0.15, 0.2) is 42.9 Å². The smallest absolute Gasteiger partial charge is 0.305 e. The fourth-order valence-corrected chi connectivity index (χ4v) is 3.07. The molecule has 0 aliphatic carbocycles. The van der Waals surface area contributed by atoms with Crippen LogP contribution in [0, 0.1) is 6.92 Å². The molecule has 170 valence electrons. The van der Waals surface area contributed by atoms with Crippen molar-refractivity contribution in [1.29, 1.82) is 0 Å². The van der Waals surface area contributed by atoms with Gasteiger partial charge >= 0.3 is 6.30 Å². The van der Waals surface area contributed by atoms with Crippen molar-refractivity contribution in [2.24, 2.45) is 0 Å². The van der Waals surface area contributed by atoms with E-state index >= 15 is 0 Å². The number of carbonyl (C=O) groups is 1. The van der Waals surface area contributed by atoms with E-state index in [0.717, 1.165) is 12.4 Å². The monoisotopic (exact) mass is 457 g/mol. The van der Waals surface area contributed by atoms with Gasteiger partial charge in [-0.1, -0.05) is 19.9 Å². The fourth-order valence-electron chi connectivity index (χ4n) is 3.07. The summed E-state index contributed by atoms with van der Waals surface area (Å²) in [6.07, 6.45) is -1.28. The standard InChI is InChI=1S/C20H18F3N9O/c1-11(2)18-28-29-30-32(18)17-6-4-5-16(26-17)27-19(33)15-7-14(12(3)8-24-15)13-9-25-31(10-13)20(21,22)23/h4-11H,1-3H3,(H,26,27,33). The van der Waals surface area contributed by atoms with Gasteiger partial charge in [-0.25, -0.2) is 4.98 Å². The molecule has 0 spiro atoms. The zero-order chi connectivity index (χ0) is 23.8. The topological polar surface area (TPSA) is 116 Å². The van der Waals surface area contributed by atoms with Crippen LogP contribution in [-0.2, 0) is 6.30 Å². The van der Waals surface area contributed by atoms with Gasteiger partial charge in [0.15, 0.2) is 11.6 Å². The summed E-state index contributed by atoms with van der Waals surface area (Å²) < 4.78 is 40.0. The Bertz CT molecular complexity index is 1310. The number of hydrogen-bond acceptors (Lipinski definition) is 7. The summed E-state index contributed by atoms with van der Waals surface area (Å²) in [6, 6.07) is 6.37. The molecule has 0 bridgehead atoms. The minimum Gasteiger partial charge on any atom is -0.305 e. The molecule has 0 aliphatic rings. The molecule has 4 heterocycles. The molecule has 0 aliphatic heterocycles. The molecule has 0 aromatic carbocycles. The summed E-state index contributed by atoms with van der Waals surface area (Å²) in [5, 5.41) is 17.6. The van der Waals surface area contributed by atoms with Crippen molar-refractivity contribution >= 4 is 11.7 Å². The van der Waals surface area contributed by atoms with Crippen LogP contribution in [0.4, 0.5) is 19.0 Å². The maximum atomic E-state index is 12.9. The van der Waals surface area contributed by atoms with Crippen molar-refractivity contribution in [2.45, 2.75) is 33.0 Å². The van der Waals surface area contributed by atoms with Crippen molar-refractivity contribution in [3.05, 3.63) is 59.9 Å². The van der Waals surface area contributed by atoms with E-state index in [1.807, 2.05) is 13.8 Å². The van der Waals surface area contributed by atoms with Crippen molar-refractivity contribution in [3.8, 4) is 16.9 Å². The van der Waals surface area contributed by atoms with Crippen molar-refractivity contribution < 1.29 is 18.0 Å². The zero-order valence-corrected chi connectivity index (χ0v) is 17.7. The third-order valence-corrected chi connectivity index (χ3v) is 4.69. The average Bonchev–Trinajstić information content (AvgIpc) is 3.44. The van der Waals surface area contributed by atoms with Crippen LogP contribution in [0.5, 0.6) is 0 Å². The minimum atomic E-state index is -4.63. The molecular weight excluding hydrogens is 439 g/mol. The predicted octanol–water partition coefficient (Wildman–Crippen LogP) is 3.48. The molecule has 0 saturated carbocycles. The van der Waals surface area contributed by atoms with Crippen LogP contribution in [0.25, 0.3) is 16.9 Å². The normalized spacial score (nSPS) is 11.7. The van der Waals surface area contributed by atoms with Crippen LogP contribution < -0.4 is 5.32 Å². The van der Waals surface area contributed by atoms with E-state index in [1.165, 1.54) is 16.9 Å². The molecule has 4 rings (SSSR count). The van der Waals surface area contributed by atoms with E-state index in [9.17, 15) is 18.0 Å². The molecule has 0 unspecified atom stereocenters. The lowest BCUT2D eigenvalue weighted by Crippen LogP contribution is -2.16. The van der Waals surface area contributed by atoms with Gasteiger partial charge in [-0.15, -0.1) is 18.3 Å². The Morgan fingerprint density at radius 1 is 1.18 bits per heavy atom. The van der Waals surface area contributed by atoms with Crippen LogP contribution in [-0.4, -0.2) is 45.9 Å². The van der Waals surface area contributed by atoms with E-state index in [0.29, 0.717) is 22.8 Å². The lowest BCUT2D eigenvalue weighted by atomic mass is 10.0. The van der Waals surface area contributed by atoms with Gasteiger partial charge in [0.05, 0.1) is 6.20 Å². The highest BCUT2D eigenvalue weighted by Gasteiger charge is 2.31. The number of tetrazole rings is 1. The summed E-state index contributed by atoms with van der Waals surface area (Å²) in [5.74, 6) is 0.729. The number of aryl methyl sites for hydroxylation is 1. The third-order valence-electron chi connectivity index (χ3n) is 4.69. The second-order valence-electron chi connectivity index (χ2n) is 7.46. The second-order valence-corrected chi connectivity index (χ2v) is 7.46. The molecule has 1 amide bonds. The molecular formula is C20H18F3N9O. The average molecular weight is 457 g/mol. The van der Waals surface area contributed by atoms with Gasteiger partial charge in [0.25, 0.3) is 5.91 Å².